The molecule has 28 heavy (non-hydrogen) atoms. The monoisotopic (exact) mass is 388 g/mol. The first kappa shape index (κ1) is 19.7. The van der Waals surface area contributed by atoms with Crippen LogP contribution in [0.25, 0.3) is 22.2 Å². The number of hydrogen-bond acceptors (Lipinski definition) is 5. The number of fused-ring (bicyclic) bond motifs is 1. The predicted octanol–water partition coefficient (Wildman–Crippen LogP) is 4.02. The SMILES string of the molecule is CCNc1cc(-c2cn(CC)c3cnc(NC(C)=O)cc23)nc(C(C)(F)F)n1. The fraction of sp³-hybridized carbons (Fsp3) is 0.368. The van der Waals surface area contributed by atoms with Gasteiger partial charge in [-0.05, 0) is 19.9 Å². The average Bonchev–Trinajstić information content (AvgIpc) is 2.98. The third-order valence-corrected chi connectivity index (χ3v) is 4.16. The van der Waals surface area contributed by atoms with Crippen molar-refractivity contribution in [2.45, 2.75) is 40.2 Å². The summed E-state index contributed by atoms with van der Waals surface area (Å²) in [6.45, 7) is 7.21. The van der Waals surface area contributed by atoms with Crippen LogP contribution in [-0.4, -0.2) is 32.0 Å². The van der Waals surface area contributed by atoms with Crippen molar-refractivity contribution < 1.29 is 13.6 Å². The zero-order chi connectivity index (χ0) is 20.5. The molecule has 0 radical (unpaired) electrons. The molecule has 0 atom stereocenters. The molecule has 0 aliphatic heterocycles. The van der Waals surface area contributed by atoms with Crippen molar-refractivity contribution in [3.63, 3.8) is 0 Å². The third-order valence-electron chi connectivity index (χ3n) is 4.16. The molecule has 2 N–H and O–H groups in total. The summed E-state index contributed by atoms with van der Waals surface area (Å²) in [4.78, 5) is 23.7. The highest BCUT2D eigenvalue weighted by atomic mass is 19.3. The van der Waals surface area contributed by atoms with Gasteiger partial charge in [0.15, 0.2) is 0 Å². The van der Waals surface area contributed by atoms with E-state index in [0.717, 1.165) is 17.8 Å². The molecule has 0 aliphatic rings. The number of aromatic nitrogens is 4. The molecule has 3 aromatic rings. The number of aryl methyl sites for hydroxylation is 1. The Kier molecular flexibility index (Phi) is 5.26. The Hall–Kier alpha value is -3.10. The molecule has 148 valence electrons. The fourth-order valence-electron chi connectivity index (χ4n) is 2.96. The highest BCUT2D eigenvalue weighted by Gasteiger charge is 2.30. The minimum atomic E-state index is -3.17. The van der Waals surface area contributed by atoms with E-state index in [1.165, 1.54) is 6.92 Å². The van der Waals surface area contributed by atoms with E-state index in [4.69, 9.17) is 0 Å². The molecule has 0 saturated carbocycles. The van der Waals surface area contributed by atoms with E-state index in [0.29, 0.717) is 36.0 Å². The van der Waals surface area contributed by atoms with Crippen LogP contribution in [-0.2, 0) is 17.3 Å². The third kappa shape index (κ3) is 3.92. The topological polar surface area (TPSA) is 84.7 Å². The minimum absolute atomic E-state index is 0.243. The Morgan fingerprint density at radius 1 is 1.21 bits per heavy atom. The number of nitrogens with zero attached hydrogens (tertiary/aromatic N) is 4. The molecule has 3 rings (SSSR count). The molecule has 0 spiro atoms. The van der Waals surface area contributed by atoms with Crippen LogP contribution in [0.2, 0.25) is 0 Å². The van der Waals surface area contributed by atoms with Crippen molar-refractivity contribution in [3.05, 3.63) is 30.4 Å². The van der Waals surface area contributed by atoms with Crippen LogP contribution >= 0.6 is 0 Å². The van der Waals surface area contributed by atoms with Crippen LogP contribution in [0, 0.1) is 0 Å². The van der Waals surface area contributed by atoms with E-state index < -0.39 is 11.7 Å². The van der Waals surface area contributed by atoms with Crippen molar-refractivity contribution in [2.24, 2.45) is 0 Å². The predicted molar refractivity (Wildman–Crippen MR) is 104 cm³/mol. The second kappa shape index (κ2) is 7.49. The van der Waals surface area contributed by atoms with Crippen LogP contribution in [0.15, 0.2) is 24.5 Å². The van der Waals surface area contributed by atoms with Gasteiger partial charge in [0.05, 0.1) is 17.4 Å². The van der Waals surface area contributed by atoms with E-state index in [-0.39, 0.29) is 5.91 Å². The summed E-state index contributed by atoms with van der Waals surface area (Å²) < 4.78 is 29.8. The van der Waals surface area contributed by atoms with Crippen molar-refractivity contribution in [1.82, 2.24) is 19.5 Å². The van der Waals surface area contributed by atoms with Gasteiger partial charge >= 0.3 is 5.92 Å². The van der Waals surface area contributed by atoms with Gasteiger partial charge in [0.2, 0.25) is 11.7 Å². The molecule has 0 bridgehead atoms. The van der Waals surface area contributed by atoms with Gasteiger partial charge in [-0.15, -0.1) is 0 Å². The Morgan fingerprint density at radius 2 is 1.96 bits per heavy atom. The zero-order valence-electron chi connectivity index (χ0n) is 16.2. The number of hydrogen-bond donors (Lipinski definition) is 2. The van der Waals surface area contributed by atoms with Gasteiger partial charge in [0.1, 0.15) is 11.6 Å². The van der Waals surface area contributed by atoms with E-state index in [1.807, 2.05) is 24.6 Å². The molecule has 0 aromatic carbocycles. The number of rotatable bonds is 6. The number of halogens is 2. The van der Waals surface area contributed by atoms with Crippen LogP contribution in [0.5, 0.6) is 0 Å². The summed E-state index contributed by atoms with van der Waals surface area (Å²) in [7, 11) is 0. The van der Waals surface area contributed by atoms with Crippen LogP contribution in [0.3, 0.4) is 0 Å². The van der Waals surface area contributed by atoms with Gasteiger partial charge in [-0.25, -0.2) is 15.0 Å². The van der Waals surface area contributed by atoms with Gasteiger partial charge in [0, 0.05) is 50.1 Å². The first-order chi connectivity index (χ1) is 13.2. The second-order valence-corrected chi connectivity index (χ2v) is 6.48. The fourth-order valence-corrected chi connectivity index (χ4v) is 2.96. The number of nitrogens with one attached hydrogen (secondary N) is 2. The Labute approximate surface area is 161 Å². The van der Waals surface area contributed by atoms with Crippen molar-refractivity contribution in [1.29, 1.82) is 0 Å². The molecule has 9 heteroatoms. The van der Waals surface area contributed by atoms with Gasteiger partial charge < -0.3 is 15.2 Å². The largest absolute Gasteiger partial charge is 0.370 e. The van der Waals surface area contributed by atoms with Gasteiger partial charge in [0.25, 0.3) is 0 Å². The maximum atomic E-state index is 13.9. The van der Waals surface area contributed by atoms with E-state index in [9.17, 15) is 13.6 Å². The number of anilines is 2. The number of pyridine rings is 1. The molecule has 0 saturated heterocycles. The first-order valence-electron chi connectivity index (χ1n) is 9.01. The highest BCUT2D eigenvalue weighted by Crippen LogP contribution is 2.34. The Bertz CT molecular complexity index is 1030. The molecule has 0 aliphatic carbocycles. The molecule has 3 heterocycles. The lowest BCUT2D eigenvalue weighted by atomic mass is 10.1. The first-order valence-corrected chi connectivity index (χ1v) is 9.01. The van der Waals surface area contributed by atoms with Crippen LogP contribution < -0.4 is 10.6 Å². The lowest BCUT2D eigenvalue weighted by Gasteiger charge is -2.13. The Balaban J connectivity index is 2.24. The summed E-state index contributed by atoms with van der Waals surface area (Å²) in [5, 5.41) is 6.38. The lowest BCUT2D eigenvalue weighted by molar-refractivity contribution is -0.114. The number of carbonyl (C=O) groups excluding carboxylic acids is 1. The minimum Gasteiger partial charge on any atom is -0.370 e. The summed E-state index contributed by atoms with van der Waals surface area (Å²) in [5.74, 6) is -3.25. The molecule has 3 aromatic heterocycles. The number of alkyl halides is 2. The molecule has 0 fully saturated rings. The molecule has 0 unspecified atom stereocenters. The lowest BCUT2D eigenvalue weighted by Crippen LogP contribution is -2.15. The van der Waals surface area contributed by atoms with Gasteiger partial charge in [-0.3, -0.25) is 4.79 Å². The quantitative estimate of drug-likeness (QED) is 0.666. The smallest absolute Gasteiger partial charge is 0.303 e. The molecular weight excluding hydrogens is 366 g/mol. The average molecular weight is 388 g/mol. The summed E-state index contributed by atoms with van der Waals surface area (Å²) >= 11 is 0. The standard InChI is InChI=1S/C19H22F2N6O/c1-5-22-17-8-14(25-18(26-17)19(4,20)21)13-10-27(6-2)15-9-23-16(7-12(13)15)24-11(3)28/h7-10H,5-6H2,1-4H3,(H,22,25,26)(H,23,24,28). The zero-order valence-corrected chi connectivity index (χ0v) is 16.2. The maximum absolute atomic E-state index is 13.9. The van der Waals surface area contributed by atoms with Gasteiger partial charge in [-0.1, -0.05) is 0 Å². The van der Waals surface area contributed by atoms with Crippen LogP contribution in [0.1, 0.15) is 33.5 Å². The van der Waals surface area contributed by atoms with Crippen molar-refractivity contribution in [2.75, 3.05) is 17.2 Å². The van der Waals surface area contributed by atoms with E-state index in [1.54, 1.807) is 18.3 Å². The van der Waals surface area contributed by atoms with Crippen molar-refractivity contribution in [3.8, 4) is 11.3 Å². The maximum Gasteiger partial charge on any atom is 0.303 e. The number of carbonyl (C=O) groups is 1. The van der Waals surface area contributed by atoms with Gasteiger partial charge in [-0.2, -0.15) is 8.78 Å². The Morgan fingerprint density at radius 3 is 2.57 bits per heavy atom. The molecule has 1 amide bonds. The highest BCUT2D eigenvalue weighted by molar-refractivity contribution is 5.98. The van der Waals surface area contributed by atoms with E-state index in [2.05, 4.69) is 25.6 Å². The second-order valence-electron chi connectivity index (χ2n) is 6.48. The normalized spacial score (nSPS) is 11.6. The molecule has 7 nitrogen and oxygen atoms in total. The summed E-state index contributed by atoms with van der Waals surface area (Å²) in [5.41, 5.74) is 1.86. The van der Waals surface area contributed by atoms with Crippen LogP contribution in [0.4, 0.5) is 20.4 Å². The number of amides is 1. The summed E-state index contributed by atoms with van der Waals surface area (Å²) in [6, 6.07) is 3.36. The van der Waals surface area contributed by atoms with E-state index >= 15 is 0 Å². The molecular formula is C19H22F2N6O. The summed E-state index contributed by atoms with van der Waals surface area (Å²) in [6.07, 6.45) is 3.49. The van der Waals surface area contributed by atoms with Crippen molar-refractivity contribution >= 4 is 28.4 Å².